The highest BCUT2D eigenvalue weighted by atomic mass is 127. The van der Waals surface area contributed by atoms with Gasteiger partial charge in [0, 0.05) is 3.57 Å². The Morgan fingerprint density at radius 3 is 2.48 bits per heavy atom. The summed E-state index contributed by atoms with van der Waals surface area (Å²) in [5.74, 6) is -0.902. The molecule has 2 rings (SSSR count). The lowest BCUT2D eigenvalue weighted by atomic mass is 10.2. The number of rotatable bonds is 4. The van der Waals surface area contributed by atoms with Gasteiger partial charge in [0.25, 0.3) is 11.8 Å². The van der Waals surface area contributed by atoms with Gasteiger partial charge >= 0.3 is 0 Å². The van der Waals surface area contributed by atoms with Crippen molar-refractivity contribution in [1.82, 2.24) is 10.9 Å². The number of hydrazine groups is 1. The van der Waals surface area contributed by atoms with Gasteiger partial charge in [0.2, 0.25) is 0 Å². The summed E-state index contributed by atoms with van der Waals surface area (Å²) in [6.45, 7) is 1.71. The Morgan fingerprint density at radius 2 is 1.83 bits per heavy atom. The zero-order valence-corrected chi connectivity index (χ0v) is 14.4. The summed E-state index contributed by atoms with van der Waals surface area (Å²) in [5, 5.41) is 0. The average molecular weight is 428 g/mol. The number of ether oxygens (including phenoxy) is 1. The van der Waals surface area contributed by atoms with Crippen LogP contribution in [0, 0.1) is 16.3 Å². The van der Waals surface area contributed by atoms with E-state index in [0.29, 0.717) is 9.32 Å². The first-order chi connectivity index (χ1) is 11.0. The highest BCUT2D eigenvalue weighted by molar-refractivity contribution is 14.1. The molecular formula is C16H14FIN2O3. The number of carbonyl (C=O) groups excluding carboxylic acids is 2. The molecule has 0 heterocycles. The third-order valence-electron chi connectivity index (χ3n) is 2.88. The van der Waals surface area contributed by atoms with Gasteiger partial charge in [0.15, 0.2) is 6.61 Å². The molecule has 23 heavy (non-hydrogen) atoms. The first-order valence-corrected chi connectivity index (χ1v) is 7.77. The fourth-order valence-corrected chi connectivity index (χ4v) is 2.41. The van der Waals surface area contributed by atoms with Crippen LogP contribution in [0.5, 0.6) is 5.75 Å². The van der Waals surface area contributed by atoms with E-state index in [1.807, 2.05) is 41.6 Å². The van der Waals surface area contributed by atoms with Gasteiger partial charge in [0.1, 0.15) is 11.6 Å². The van der Waals surface area contributed by atoms with Crippen LogP contribution in [0.25, 0.3) is 0 Å². The monoisotopic (exact) mass is 428 g/mol. The van der Waals surface area contributed by atoms with Crippen molar-refractivity contribution in [2.75, 3.05) is 6.61 Å². The topological polar surface area (TPSA) is 67.4 Å². The third kappa shape index (κ3) is 5.20. The molecule has 120 valence electrons. The molecule has 0 bridgehead atoms. The molecule has 0 fully saturated rings. The van der Waals surface area contributed by atoms with E-state index in [1.54, 1.807) is 12.1 Å². The second-order valence-corrected chi connectivity index (χ2v) is 5.89. The van der Waals surface area contributed by atoms with Gasteiger partial charge in [-0.2, -0.15) is 0 Å². The highest BCUT2D eigenvalue weighted by Crippen LogP contribution is 2.13. The summed E-state index contributed by atoms with van der Waals surface area (Å²) in [7, 11) is 0. The molecule has 0 atom stereocenters. The van der Waals surface area contributed by atoms with Crippen molar-refractivity contribution >= 4 is 34.4 Å². The maximum absolute atomic E-state index is 13.0. The van der Waals surface area contributed by atoms with E-state index in [0.717, 1.165) is 5.56 Å². The minimum atomic E-state index is -0.530. The maximum Gasteiger partial charge on any atom is 0.276 e. The number of halogens is 2. The number of benzene rings is 2. The Morgan fingerprint density at radius 1 is 1.13 bits per heavy atom. The summed E-state index contributed by atoms with van der Waals surface area (Å²) >= 11 is 1.85. The van der Waals surface area contributed by atoms with Crippen LogP contribution in [0.1, 0.15) is 15.9 Å². The van der Waals surface area contributed by atoms with Crippen molar-refractivity contribution in [3.63, 3.8) is 0 Å². The van der Waals surface area contributed by atoms with Crippen LogP contribution in [0.15, 0.2) is 42.5 Å². The molecular weight excluding hydrogens is 414 g/mol. The van der Waals surface area contributed by atoms with Gasteiger partial charge in [-0.3, -0.25) is 20.4 Å². The minimum Gasteiger partial charge on any atom is -0.484 e. The third-order valence-corrected chi connectivity index (χ3v) is 3.77. The molecule has 0 aliphatic rings. The average Bonchev–Trinajstić information content (AvgIpc) is 2.52. The van der Waals surface area contributed by atoms with Crippen molar-refractivity contribution in [1.29, 1.82) is 0 Å². The van der Waals surface area contributed by atoms with Crippen LogP contribution >= 0.6 is 22.6 Å². The van der Waals surface area contributed by atoms with E-state index >= 15 is 0 Å². The summed E-state index contributed by atoms with van der Waals surface area (Å²) in [4.78, 5) is 23.5. The van der Waals surface area contributed by atoms with Gasteiger partial charge in [-0.15, -0.1) is 0 Å². The number of hydrogen-bond acceptors (Lipinski definition) is 3. The fraction of sp³-hybridized carbons (Fsp3) is 0.125. The van der Waals surface area contributed by atoms with E-state index in [2.05, 4.69) is 10.9 Å². The van der Waals surface area contributed by atoms with Crippen molar-refractivity contribution in [2.24, 2.45) is 0 Å². The normalized spacial score (nSPS) is 10.0. The van der Waals surface area contributed by atoms with Crippen molar-refractivity contribution in [2.45, 2.75) is 6.92 Å². The Bertz CT molecular complexity index is 720. The van der Waals surface area contributed by atoms with Crippen LogP contribution in [0.4, 0.5) is 4.39 Å². The number of nitrogens with one attached hydrogen (secondary N) is 2. The Kier molecular flexibility index (Phi) is 5.91. The van der Waals surface area contributed by atoms with E-state index in [9.17, 15) is 14.0 Å². The van der Waals surface area contributed by atoms with Crippen LogP contribution in [-0.4, -0.2) is 18.4 Å². The zero-order valence-electron chi connectivity index (χ0n) is 12.2. The standard InChI is InChI=1S/C16H14FIN2O3/c1-10-2-5-12(6-3-10)23-9-15(21)19-20-16(22)13-7-4-11(17)8-14(13)18/h2-8H,9H2,1H3,(H,19,21)(H,20,22). The number of aryl methyl sites for hydroxylation is 1. The fourth-order valence-electron chi connectivity index (χ4n) is 1.69. The van der Waals surface area contributed by atoms with Gasteiger partial charge in [0.05, 0.1) is 5.56 Å². The number of hydrogen-bond donors (Lipinski definition) is 2. The molecule has 7 heteroatoms. The van der Waals surface area contributed by atoms with Crippen LogP contribution < -0.4 is 15.6 Å². The summed E-state index contributed by atoms with van der Waals surface area (Å²) < 4.78 is 18.7. The second kappa shape index (κ2) is 7.91. The molecule has 0 aliphatic heterocycles. The first kappa shape index (κ1) is 17.2. The minimum absolute atomic E-state index is 0.232. The van der Waals surface area contributed by atoms with Crippen LogP contribution in [0.3, 0.4) is 0 Å². The molecule has 2 N–H and O–H groups in total. The smallest absolute Gasteiger partial charge is 0.276 e. The highest BCUT2D eigenvalue weighted by Gasteiger charge is 2.11. The van der Waals surface area contributed by atoms with E-state index in [1.165, 1.54) is 18.2 Å². The lowest BCUT2D eigenvalue weighted by Gasteiger charge is -2.10. The van der Waals surface area contributed by atoms with E-state index in [4.69, 9.17) is 4.74 Å². The molecule has 0 spiro atoms. The zero-order chi connectivity index (χ0) is 16.8. The quantitative estimate of drug-likeness (QED) is 0.582. The molecule has 0 saturated carbocycles. The number of amides is 2. The Balaban J connectivity index is 1.81. The van der Waals surface area contributed by atoms with Crippen LogP contribution in [0.2, 0.25) is 0 Å². The molecule has 5 nitrogen and oxygen atoms in total. The lowest BCUT2D eigenvalue weighted by molar-refractivity contribution is -0.123. The largest absolute Gasteiger partial charge is 0.484 e. The molecule has 0 unspecified atom stereocenters. The molecule has 2 amide bonds. The first-order valence-electron chi connectivity index (χ1n) is 6.69. The lowest BCUT2D eigenvalue weighted by Crippen LogP contribution is -2.44. The SMILES string of the molecule is Cc1ccc(OCC(=O)NNC(=O)c2ccc(F)cc2I)cc1. The molecule has 0 saturated heterocycles. The number of carbonyl (C=O) groups is 2. The molecule has 0 radical (unpaired) electrons. The van der Waals surface area contributed by atoms with Crippen molar-refractivity contribution in [3.05, 3.63) is 63.0 Å². The maximum atomic E-state index is 13.0. The Labute approximate surface area is 146 Å². The predicted octanol–water partition coefficient (Wildman–Crippen LogP) is 2.58. The summed E-state index contributed by atoms with van der Waals surface area (Å²) in [6, 6.07) is 11.0. The van der Waals surface area contributed by atoms with Gasteiger partial charge in [-0.05, 0) is 59.8 Å². The van der Waals surface area contributed by atoms with Crippen molar-refractivity contribution in [3.8, 4) is 5.75 Å². The molecule has 2 aromatic carbocycles. The van der Waals surface area contributed by atoms with Gasteiger partial charge in [-0.1, -0.05) is 17.7 Å². The molecule has 0 aliphatic carbocycles. The Hall–Kier alpha value is -2.16. The summed E-state index contributed by atoms with van der Waals surface area (Å²) in [6.07, 6.45) is 0. The molecule has 2 aromatic rings. The summed E-state index contributed by atoms with van der Waals surface area (Å²) in [5.41, 5.74) is 5.86. The predicted molar refractivity (Wildman–Crippen MR) is 91.4 cm³/mol. The van der Waals surface area contributed by atoms with E-state index < -0.39 is 17.6 Å². The van der Waals surface area contributed by atoms with Gasteiger partial charge < -0.3 is 4.74 Å². The van der Waals surface area contributed by atoms with Crippen LogP contribution in [-0.2, 0) is 4.79 Å². The molecule has 0 aromatic heterocycles. The second-order valence-electron chi connectivity index (χ2n) is 4.73. The van der Waals surface area contributed by atoms with E-state index in [-0.39, 0.29) is 12.2 Å². The van der Waals surface area contributed by atoms with Crippen molar-refractivity contribution < 1.29 is 18.7 Å². The van der Waals surface area contributed by atoms with Gasteiger partial charge in [-0.25, -0.2) is 4.39 Å².